The van der Waals surface area contributed by atoms with Gasteiger partial charge in [0.05, 0.1) is 24.7 Å². The summed E-state index contributed by atoms with van der Waals surface area (Å²) < 4.78 is 10.6. The van der Waals surface area contributed by atoms with Gasteiger partial charge in [-0.1, -0.05) is 18.2 Å². The molecule has 0 aliphatic carbocycles. The van der Waals surface area contributed by atoms with Gasteiger partial charge >= 0.3 is 6.01 Å². The number of rotatable bonds is 3. The molecule has 20 heavy (non-hydrogen) atoms. The van der Waals surface area contributed by atoms with E-state index in [0.717, 1.165) is 0 Å². The molecule has 0 saturated carbocycles. The highest BCUT2D eigenvalue weighted by Crippen LogP contribution is 2.19. The summed E-state index contributed by atoms with van der Waals surface area (Å²) in [7, 11) is 0. The number of benzene rings is 1. The smallest absolute Gasteiger partial charge is 0.322 e. The molecule has 0 atom stereocenters. The Labute approximate surface area is 116 Å². The molecular formula is C14H13N3O3. The molecule has 3 rings (SSSR count). The Balaban J connectivity index is 1.72. The van der Waals surface area contributed by atoms with Crippen LogP contribution in [0.4, 0.5) is 5.69 Å². The standard InChI is InChI=1S/C14H13N3O3/c18-13-10-19-7-6-17(13)11-8-15-14(16-9-11)20-12-4-2-1-3-5-12/h1-5,8-9H,6-7,10H2. The van der Waals surface area contributed by atoms with E-state index in [1.165, 1.54) is 0 Å². The molecule has 1 fully saturated rings. The molecule has 1 amide bonds. The zero-order valence-electron chi connectivity index (χ0n) is 10.7. The second-order valence-electron chi connectivity index (χ2n) is 4.24. The topological polar surface area (TPSA) is 64.5 Å². The summed E-state index contributed by atoms with van der Waals surface area (Å²) in [5.41, 5.74) is 0.652. The average Bonchev–Trinajstić information content (AvgIpc) is 2.50. The maximum absolute atomic E-state index is 11.7. The molecule has 6 heteroatoms. The zero-order valence-corrected chi connectivity index (χ0v) is 10.7. The van der Waals surface area contributed by atoms with Gasteiger partial charge in [-0.05, 0) is 12.1 Å². The van der Waals surface area contributed by atoms with E-state index in [1.807, 2.05) is 30.3 Å². The van der Waals surface area contributed by atoms with Gasteiger partial charge in [-0.15, -0.1) is 0 Å². The van der Waals surface area contributed by atoms with Gasteiger partial charge in [0, 0.05) is 6.54 Å². The second-order valence-corrected chi connectivity index (χ2v) is 4.24. The fourth-order valence-corrected chi connectivity index (χ4v) is 1.89. The molecule has 0 unspecified atom stereocenters. The molecule has 1 saturated heterocycles. The third-order valence-electron chi connectivity index (χ3n) is 2.86. The summed E-state index contributed by atoms with van der Waals surface area (Å²) in [6.45, 7) is 1.14. The first-order valence-corrected chi connectivity index (χ1v) is 6.26. The number of ether oxygens (including phenoxy) is 2. The highest BCUT2D eigenvalue weighted by molar-refractivity contribution is 5.94. The molecule has 2 heterocycles. The van der Waals surface area contributed by atoms with Gasteiger partial charge in [-0.25, -0.2) is 9.97 Å². The molecule has 0 radical (unpaired) electrons. The summed E-state index contributed by atoms with van der Waals surface area (Å²) >= 11 is 0. The third kappa shape index (κ3) is 2.75. The van der Waals surface area contributed by atoms with Crippen molar-refractivity contribution in [2.75, 3.05) is 24.7 Å². The quantitative estimate of drug-likeness (QED) is 0.849. The Morgan fingerprint density at radius 1 is 1.15 bits per heavy atom. The van der Waals surface area contributed by atoms with Gasteiger partial charge in [0.2, 0.25) is 0 Å². The number of para-hydroxylation sites is 1. The lowest BCUT2D eigenvalue weighted by Gasteiger charge is -2.26. The van der Waals surface area contributed by atoms with Gasteiger partial charge in [-0.3, -0.25) is 4.79 Å². The largest absolute Gasteiger partial charge is 0.424 e. The van der Waals surface area contributed by atoms with Crippen LogP contribution in [0.5, 0.6) is 11.8 Å². The molecule has 0 bridgehead atoms. The van der Waals surface area contributed by atoms with E-state index in [9.17, 15) is 4.79 Å². The molecule has 1 aromatic heterocycles. The van der Waals surface area contributed by atoms with Crippen LogP contribution >= 0.6 is 0 Å². The van der Waals surface area contributed by atoms with Crippen LogP contribution < -0.4 is 9.64 Å². The van der Waals surface area contributed by atoms with Crippen LogP contribution in [0.1, 0.15) is 0 Å². The Morgan fingerprint density at radius 3 is 2.60 bits per heavy atom. The second kappa shape index (κ2) is 5.66. The number of hydrogen-bond acceptors (Lipinski definition) is 5. The number of morpholine rings is 1. The first-order chi connectivity index (χ1) is 9.83. The maximum Gasteiger partial charge on any atom is 0.322 e. The molecule has 1 aliphatic rings. The zero-order chi connectivity index (χ0) is 13.8. The van der Waals surface area contributed by atoms with Crippen molar-refractivity contribution < 1.29 is 14.3 Å². The number of amides is 1. The van der Waals surface area contributed by atoms with Crippen LogP contribution in [0.25, 0.3) is 0 Å². The van der Waals surface area contributed by atoms with Gasteiger partial charge < -0.3 is 14.4 Å². The summed E-state index contributed by atoms with van der Waals surface area (Å²) in [6.07, 6.45) is 3.16. The van der Waals surface area contributed by atoms with Gasteiger partial charge in [-0.2, -0.15) is 0 Å². The Hall–Kier alpha value is -2.47. The van der Waals surface area contributed by atoms with Crippen molar-refractivity contribution in [3.63, 3.8) is 0 Å². The van der Waals surface area contributed by atoms with E-state index in [-0.39, 0.29) is 18.5 Å². The Morgan fingerprint density at radius 2 is 1.90 bits per heavy atom. The van der Waals surface area contributed by atoms with Crippen LogP contribution in [0.15, 0.2) is 42.7 Å². The van der Waals surface area contributed by atoms with E-state index in [2.05, 4.69) is 9.97 Å². The maximum atomic E-state index is 11.7. The van der Waals surface area contributed by atoms with E-state index in [4.69, 9.17) is 9.47 Å². The SMILES string of the molecule is O=C1COCCN1c1cnc(Oc2ccccc2)nc1. The summed E-state index contributed by atoms with van der Waals surface area (Å²) in [5.74, 6) is 0.583. The van der Waals surface area contributed by atoms with Crippen molar-refractivity contribution in [2.24, 2.45) is 0 Å². The van der Waals surface area contributed by atoms with E-state index in [0.29, 0.717) is 24.6 Å². The minimum atomic E-state index is -0.0865. The molecule has 6 nitrogen and oxygen atoms in total. The number of carbonyl (C=O) groups is 1. The fraction of sp³-hybridized carbons (Fsp3) is 0.214. The Kier molecular flexibility index (Phi) is 3.56. The highest BCUT2D eigenvalue weighted by Gasteiger charge is 2.20. The first-order valence-electron chi connectivity index (χ1n) is 6.26. The van der Waals surface area contributed by atoms with E-state index in [1.54, 1.807) is 17.3 Å². The van der Waals surface area contributed by atoms with E-state index >= 15 is 0 Å². The van der Waals surface area contributed by atoms with Crippen molar-refractivity contribution in [3.05, 3.63) is 42.7 Å². The van der Waals surface area contributed by atoms with Gasteiger partial charge in [0.1, 0.15) is 12.4 Å². The number of nitrogens with zero attached hydrogens (tertiary/aromatic N) is 3. The lowest BCUT2D eigenvalue weighted by atomic mass is 10.3. The molecule has 0 N–H and O–H groups in total. The predicted molar refractivity (Wildman–Crippen MR) is 71.7 cm³/mol. The van der Waals surface area contributed by atoms with Crippen molar-refractivity contribution in [1.82, 2.24) is 9.97 Å². The van der Waals surface area contributed by atoms with Crippen molar-refractivity contribution in [3.8, 4) is 11.8 Å². The average molecular weight is 271 g/mol. The molecular weight excluding hydrogens is 258 g/mol. The number of anilines is 1. The third-order valence-corrected chi connectivity index (χ3v) is 2.86. The lowest BCUT2D eigenvalue weighted by molar-refractivity contribution is -0.125. The van der Waals surface area contributed by atoms with Crippen LogP contribution in [-0.2, 0) is 9.53 Å². The normalized spacial score (nSPS) is 15.2. The number of hydrogen-bond donors (Lipinski definition) is 0. The fourth-order valence-electron chi connectivity index (χ4n) is 1.89. The minimum Gasteiger partial charge on any atom is -0.424 e. The first kappa shape index (κ1) is 12.6. The Bertz CT molecular complexity index is 586. The molecule has 2 aromatic rings. The number of aromatic nitrogens is 2. The number of carbonyl (C=O) groups excluding carboxylic acids is 1. The molecule has 1 aromatic carbocycles. The van der Waals surface area contributed by atoms with Crippen LogP contribution in [0.2, 0.25) is 0 Å². The van der Waals surface area contributed by atoms with E-state index < -0.39 is 0 Å². The summed E-state index contributed by atoms with van der Waals surface area (Å²) in [5, 5.41) is 0. The minimum absolute atomic E-state index is 0.0865. The van der Waals surface area contributed by atoms with Crippen LogP contribution in [-0.4, -0.2) is 35.6 Å². The van der Waals surface area contributed by atoms with Crippen LogP contribution in [0.3, 0.4) is 0 Å². The summed E-state index contributed by atoms with van der Waals surface area (Å²) in [6, 6.07) is 9.54. The predicted octanol–water partition coefficient (Wildman–Crippen LogP) is 1.63. The van der Waals surface area contributed by atoms with Crippen molar-refractivity contribution >= 4 is 11.6 Å². The van der Waals surface area contributed by atoms with Crippen molar-refractivity contribution in [2.45, 2.75) is 0 Å². The lowest BCUT2D eigenvalue weighted by Crippen LogP contribution is -2.41. The molecule has 102 valence electrons. The van der Waals surface area contributed by atoms with Crippen molar-refractivity contribution in [1.29, 1.82) is 0 Å². The molecule has 0 spiro atoms. The van der Waals surface area contributed by atoms with Gasteiger partial charge in [0.25, 0.3) is 5.91 Å². The summed E-state index contributed by atoms with van der Waals surface area (Å²) in [4.78, 5) is 21.5. The highest BCUT2D eigenvalue weighted by atomic mass is 16.5. The van der Waals surface area contributed by atoms with Gasteiger partial charge in [0.15, 0.2) is 0 Å². The monoisotopic (exact) mass is 271 g/mol. The van der Waals surface area contributed by atoms with Crippen LogP contribution in [0, 0.1) is 0 Å². The molecule has 1 aliphatic heterocycles.